The molecule has 1 atom stereocenters. The van der Waals surface area contributed by atoms with Gasteiger partial charge in [0.25, 0.3) is 5.91 Å². The Morgan fingerprint density at radius 1 is 1.12 bits per heavy atom. The minimum absolute atomic E-state index is 0.0319. The summed E-state index contributed by atoms with van der Waals surface area (Å²) in [7, 11) is 0. The van der Waals surface area contributed by atoms with Crippen molar-refractivity contribution in [2.75, 3.05) is 6.54 Å². The Balaban J connectivity index is 1.60. The van der Waals surface area contributed by atoms with Gasteiger partial charge >= 0.3 is 0 Å². The summed E-state index contributed by atoms with van der Waals surface area (Å²) in [6, 6.07) is 1.59. The summed E-state index contributed by atoms with van der Waals surface area (Å²) >= 11 is 0. The van der Waals surface area contributed by atoms with E-state index in [9.17, 15) is 4.79 Å². The monoisotopic (exact) mass is 327 g/mol. The molecule has 7 heteroatoms. The van der Waals surface area contributed by atoms with Crippen LogP contribution >= 0.6 is 0 Å². The van der Waals surface area contributed by atoms with E-state index in [0.29, 0.717) is 29.6 Å². The van der Waals surface area contributed by atoms with E-state index in [4.69, 9.17) is 4.42 Å². The molecule has 2 aliphatic rings. The second-order valence-electron chi connectivity index (χ2n) is 6.65. The Bertz CT molecular complexity index is 740. The van der Waals surface area contributed by atoms with Crippen molar-refractivity contribution in [3.63, 3.8) is 0 Å². The van der Waals surface area contributed by atoms with Crippen molar-refractivity contribution in [3.05, 3.63) is 35.3 Å². The van der Waals surface area contributed by atoms with Gasteiger partial charge in [0, 0.05) is 12.5 Å². The second-order valence-corrected chi connectivity index (χ2v) is 6.65. The average molecular weight is 327 g/mol. The molecular weight excluding hydrogens is 306 g/mol. The van der Waals surface area contributed by atoms with E-state index in [-0.39, 0.29) is 11.9 Å². The van der Waals surface area contributed by atoms with E-state index >= 15 is 0 Å². The Morgan fingerprint density at radius 3 is 2.71 bits per heavy atom. The highest BCUT2D eigenvalue weighted by atomic mass is 16.4. The third-order valence-corrected chi connectivity index (χ3v) is 5.10. The number of likely N-dealkylation sites (tertiary alicyclic amines) is 1. The van der Waals surface area contributed by atoms with Gasteiger partial charge in [-0.1, -0.05) is 6.42 Å². The summed E-state index contributed by atoms with van der Waals surface area (Å²) in [6.45, 7) is 2.51. The highest BCUT2D eigenvalue weighted by molar-refractivity contribution is 5.95. The quantitative estimate of drug-likeness (QED) is 0.862. The number of hydrogen-bond acceptors (Lipinski definition) is 6. The molecule has 1 saturated heterocycles. The average Bonchev–Trinajstić information content (AvgIpc) is 3.02. The number of rotatable bonds is 3. The highest BCUT2D eigenvalue weighted by Gasteiger charge is 2.34. The molecule has 0 N–H and O–H groups in total. The zero-order valence-electron chi connectivity index (χ0n) is 13.8. The second kappa shape index (κ2) is 6.30. The summed E-state index contributed by atoms with van der Waals surface area (Å²) in [4.78, 5) is 14.8. The number of piperidine rings is 1. The molecule has 0 spiro atoms. The van der Waals surface area contributed by atoms with E-state index < -0.39 is 0 Å². The first-order valence-corrected chi connectivity index (χ1v) is 8.66. The molecule has 1 saturated carbocycles. The molecule has 4 rings (SSSR count). The minimum Gasteiger partial charge on any atom is -0.423 e. The van der Waals surface area contributed by atoms with Crippen molar-refractivity contribution in [1.29, 1.82) is 0 Å². The highest BCUT2D eigenvalue weighted by Crippen LogP contribution is 2.38. The number of amides is 1. The molecule has 0 radical (unpaired) electrons. The summed E-state index contributed by atoms with van der Waals surface area (Å²) in [6.07, 6.45) is 7.93. The number of hydrogen-bond donors (Lipinski definition) is 0. The van der Waals surface area contributed by atoms with Crippen molar-refractivity contribution >= 4 is 5.91 Å². The summed E-state index contributed by atoms with van der Waals surface area (Å²) in [5.41, 5.74) is 1.24. The first kappa shape index (κ1) is 15.2. The number of carbonyl (C=O) groups is 1. The van der Waals surface area contributed by atoms with Crippen molar-refractivity contribution in [1.82, 2.24) is 25.3 Å². The van der Waals surface area contributed by atoms with Gasteiger partial charge < -0.3 is 9.32 Å². The van der Waals surface area contributed by atoms with Gasteiger partial charge in [-0.25, -0.2) is 0 Å². The van der Waals surface area contributed by atoms with Crippen LogP contribution in [0.2, 0.25) is 0 Å². The van der Waals surface area contributed by atoms with Crippen LogP contribution in [0, 0.1) is 6.92 Å². The summed E-state index contributed by atoms with van der Waals surface area (Å²) in [5, 5.41) is 16.3. The number of carbonyl (C=O) groups excluding carboxylic acids is 1. The molecule has 24 heavy (non-hydrogen) atoms. The van der Waals surface area contributed by atoms with Gasteiger partial charge in [-0.15, -0.1) is 10.2 Å². The molecule has 1 amide bonds. The van der Waals surface area contributed by atoms with E-state index in [1.165, 1.54) is 6.42 Å². The van der Waals surface area contributed by atoms with Crippen LogP contribution in [0.4, 0.5) is 0 Å². The molecule has 126 valence electrons. The first-order valence-electron chi connectivity index (χ1n) is 8.66. The largest absolute Gasteiger partial charge is 0.423 e. The van der Waals surface area contributed by atoms with Crippen LogP contribution in [0.1, 0.15) is 78.3 Å². The Kier molecular flexibility index (Phi) is 4.00. The van der Waals surface area contributed by atoms with E-state index in [2.05, 4.69) is 20.4 Å². The normalized spacial score (nSPS) is 21.5. The topological polar surface area (TPSA) is 85.0 Å². The minimum atomic E-state index is -0.139. The molecule has 1 aliphatic carbocycles. The number of aryl methyl sites for hydroxylation is 1. The fourth-order valence-corrected chi connectivity index (χ4v) is 3.42. The van der Waals surface area contributed by atoms with Gasteiger partial charge in [0.05, 0.1) is 17.5 Å². The van der Waals surface area contributed by atoms with E-state index in [1.807, 2.05) is 4.90 Å². The lowest BCUT2D eigenvalue weighted by atomic mass is 9.85. The van der Waals surface area contributed by atoms with E-state index in [1.54, 1.807) is 19.2 Å². The Labute approximate surface area is 140 Å². The van der Waals surface area contributed by atoms with Crippen LogP contribution in [0.5, 0.6) is 0 Å². The van der Waals surface area contributed by atoms with Crippen LogP contribution in [0.3, 0.4) is 0 Å². The fourth-order valence-electron chi connectivity index (χ4n) is 3.42. The van der Waals surface area contributed by atoms with Crippen LogP contribution in [-0.2, 0) is 0 Å². The van der Waals surface area contributed by atoms with Crippen molar-refractivity contribution in [2.45, 2.75) is 57.4 Å². The van der Waals surface area contributed by atoms with E-state index in [0.717, 1.165) is 38.0 Å². The van der Waals surface area contributed by atoms with Crippen LogP contribution in [0.15, 0.2) is 16.7 Å². The fraction of sp³-hybridized carbons (Fsp3) is 0.588. The molecular formula is C17H21N5O2. The molecule has 1 aliphatic heterocycles. The third-order valence-electron chi connectivity index (χ3n) is 5.10. The van der Waals surface area contributed by atoms with Gasteiger partial charge in [-0.2, -0.15) is 10.2 Å². The number of nitrogens with zero attached hydrogens (tertiary/aromatic N) is 5. The SMILES string of the molecule is Cc1nnccc1C(=O)N1CCCCC1c1nnc(C2CCC2)o1. The molecule has 2 fully saturated rings. The molecule has 2 aromatic rings. The maximum atomic E-state index is 13.0. The first-order chi connectivity index (χ1) is 11.7. The molecule has 7 nitrogen and oxygen atoms in total. The van der Waals surface area contributed by atoms with Gasteiger partial charge in [0.1, 0.15) is 6.04 Å². The van der Waals surface area contributed by atoms with Crippen LogP contribution in [0.25, 0.3) is 0 Å². The van der Waals surface area contributed by atoms with Gasteiger partial charge in [-0.05, 0) is 45.1 Å². The molecule has 1 unspecified atom stereocenters. The smallest absolute Gasteiger partial charge is 0.256 e. The standard InChI is InChI=1S/C17H21N5O2/c1-11-13(8-9-18-19-11)17(23)22-10-3-2-7-14(22)16-21-20-15(24-16)12-5-4-6-12/h8-9,12,14H,2-7,10H2,1H3. The molecule has 3 heterocycles. The summed E-state index contributed by atoms with van der Waals surface area (Å²) in [5.74, 6) is 1.68. The van der Waals surface area contributed by atoms with Crippen LogP contribution in [-0.4, -0.2) is 37.7 Å². The molecule has 2 aromatic heterocycles. The Hall–Kier alpha value is -2.31. The van der Waals surface area contributed by atoms with Crippen molar-refractivity contribution in [2.24, 2.45) is 0 Å². The lowest BCUT2D eigenvalue weighted by molar-refractivity contribution is 0.0566. The maximum Gasteiger partial charge on any atom is 0.256 e. The maximum absolute atomic E-state index is 13.0. The van der Waals surface area contributed by atoms with Gasteiger partial charge in [0.15, 0.2) is 0 Å². The lowest BCUT2D eigenvalue weighted by Crippen LogP contribution is -2.39. The Morgan fingerprint density at radius 2 is 1.96 bits per heavy atom. The lowest BCUT2D eigenvalue weighted by Gasteiger charge is -2.33. The zero-order valence-corrected chi connectivity index (χ0v) is 13.8. The molecule has 0 aromatic carbocycles. The zero-order chi connectivity index (χ0) is 16.5. The van der Waals surface area contributed by atoms with Crippen molar-refractivity contribution < 1.29 is 9.21 Å². The predicted molar refractivity (Wildman–Crippen MR) is 85.3 cm³/mol. The van der Waals surface area contributed by atoms with Crippen molar-refractivity contribution in [3.8, 4) is 0 Å². The van der Waals surface area contributed by atoms with Gasteiger partial charge in [-0.3, -0.25) is 4.79 Å². The number of aromatic nitrogens is 4. The van der Waals surface area contributed by atoms with Gasteiger partial charge in [0.2, 0.25) is 11.8 Å². The third kappa shape index (κ3) is 2.68. The predicted octanol–water partition coefficient (Wildman–Crippen LogP) is 2.80. The molecule has 0 bridgehead atoms. The van der Waals surface area contributed by atoms with Crippen LogP contribution < -0.4 is 0 Å². The summed E-state index contributed by atoms with van der Waals surface area (Å²) < 4.78 is 5.93.